The number of hydrogen-bond acceptors (Lipinski definition) is 4. The van der Waals surface area contributed by atoms with Gasteiger partial charge in [-0.15, -0.1) is 11.3 Å². The van der Waals surface area contributed by atoms with Crippen molar-refractivity contribution < 1.29 is 9.59 Å². The van der Waals surface area contributed by atoms with Crippen molar-refractivity contribution in [3.63, 3.8) is 0 Å². The van der Waals surface area contributed by atoms with Gasteiger partial charge in [0, 0.05) is 32.7 Å². The summed E-state index contributed by atoms with van der Waals surface area (Å²) < 4.78 is 0.899. The van der Waals surface area contributed by atoms with Gasteiger partial charge in [0.15, 0.2) is 0 Å². The van der Waals surface area contributed by atoms with Crippen LogP contribution in [-0.4, -0.2) is 53.8 Å². The Hall–Kier alpha value is -1.70. The van der Waals surface area contributed by atoms with Gasteiger partial charge in [0.2, 0.25) is 5.91 Å². The Bertz CT molecular complexity index is 815. The van der Waals surface area contributed by atoms with Crippen LogP contribution >= 0.6 is 27.3 Å². The largest absolute Gasteiger partial charge is 0.340 e. The number of amides is 2. The molecule has 1 aromatic carbocycles. The Morgan fingerprint density at radius 2 is 1.85 bits per heavy atom. The molecule has 1 atom stereocenters. The molecule has 27 heavy (non-hydrogen) atoms. The summed E-state index contributed by atoms with van der Waals surface area (Å²) in [4.78, 5) is 29.7. The van der Waals surface area contributed by atoms with Gasteiger partial charge in [-0.25, -0.2) is 0 Å². The lowest BCUT2D eigenvalue weighted by Crippen LogP contribution is -2.53. The fraction of sp³-hybridized carbons (Fsp3) is 0.400. The molecule has 0 radical (unpaired) electrons. The Morgan fingerprint density at radius 3 is 2.48 bits per heavy atom. The second kappa shape index (κ2) is 8.99. The molecule has 1 saturated heterocycles. The van der Waals surface area contributed by atoms with Crippen LogP contribution in [0.15, 0.2) is 40.2 Å². The molecule has 0 aliphatic carbocycles. The van der Waals surface area contributed by atoms with E-state index in [1.165, 1.54) is 22.5 Å². The highest BCUT2D eigenvalue weighted by molar-refractivity contribution is 9.11. The molecule has 2 heterocycles. The van der Waals surface area contributed by atoms with Gasteiger partial charge in [-0.2, -0.15) is 0 Å². The number of carbonyl (C=O) groups is 2. The Balaban J connectivity index is 1.49. The zero-order chi connectivity index (χ0) is 19.4. The molecule has 2 amide bonds. The molecule has 1 unspecified atom stereocenters. The van der Waals surface area contributed by atoms with Gasteiger partial charge >= 0.3 is 0 Å². The van der Waals surface area contributed by atoms with Crippen LogP contribution in [0.4, 0.5) is 0 Å². The average Bonchev–Trinajstić information content (AvgIpc) is 3.10. The molecule has 0 bridgehead atoms. The quantitative estimate of drug-likeness (QED) is 0.761. The molecule has 0 saturated carbocycles. The summed E-state index contributed by atoms with van der Waals surface area (Å²) in [6, 6.07) is 11.5. The molecule has 1 N–H and O–H groups in total. The van der Waals surface area contributed by atoms with Gasteiger partial charge < -0.3 is 10.2 Å². The number of benzene rings is 1. The highest BCUT2D eigenvalue weighted by atomic mass is 79.9. The van der Waals surface area contributed by atoms with Crippen molar-refractivity contribution in [1.82, 2.24) is 15.1 Å². The fourth-order valence-electron chi connectivity index (χ4n) is 3.19. The first-order chi connectivity index (χ1) is 12.9. The number of carbonyl (C=O) groups excluding carboxylic acids is 2. The Kier molecular flexibility index (Phi) is 6.68. The first-order valence-corrected chi connectivity index (χ1v) is 10.7. The topological polar surface area (TPSA) is 52.6 Å². The molecule has 0 spiro atoms. The summed E-state index contributed by atoms with van der Waals surface area (Å²) in [5, 5.41) is 2.81. The number of thiophene rings is 1. The minimum atomic E-state index is -0.527. The highest BCUT2D eigenvalue weighted by Gasteiger charge is 2.26. The first-order valence-electron chi connectivity index (χ1n) is 9.06. The van der Waals surface area contributed by atoms with Crippen LogP contribution in [0.2, 0.25) is 0 Å². The van der Waals surface area contributed by atoms with Crippen molar-refractivity contribution in [2.75, 3.05) is 26.2 Å². The smallest absolute Gasteiger partial charge is 0.262 e. The zero-order valence-electron chi connectivity index (χ0n) is 15.6. The molecule has 3 rings (SSSR count). The predicted molar refractivity (Wildman–Crippen MR) is 112 cm³/mol. The summed E-state index contributed by atoms with van der Waals surface area (Å²) >= 11 is 4.71. The van der Waals surface area contributed by atoms with Gasteiger partial charge in [-0.05, 0) is 53.0 Å². The number of piperazine rings is 1. The molecule has 1 fully saturated rings. The molecule has 1 aliphatic rings. The third-order valence-corrected chi connectivity index (χ3v) is 6.48. The van der Waals surface area contributed by atoms with Crippen molar-refractivity contribution in [3.8, 4) is 0 Å². The van der Waals surface area contributed by atoms with Crippen LogP contribution in [0.3, 0.4) is 0 Å². The number of hydrogen-bond donors (Lipinski definition) is 1. The number of nitrogens with zero attached hydrogens (tertiary/aromatic N) is 2. The van der Waals surface area contributed by atoms with Crippen LogP contribution in [0.5, 0.6) is 0 Å². The summed E-state index contributed by atoms with van der Waals surface area (Å²) in [5.74, 6) is -0.223. The Morgan fingerprint density at radius 1 is 1.15 bits per heavy atom. The van der Waals surface area contributed by atoms with Gasteiger partial charge in [-0.1, -0.05) is 24.3 Å². The lowest BCUT2D eigenvalue weighted by atomic mass is 10.1. The predicted octanol–water partition coefficient (Wildman–Crippen LogP) is 3.28. The number of nitrogens with one attached hydrogen (secondary N) is 1. The average molecular weight is 450 g/mol. The minimum absolute atomic E-state index is 0.0190. The van der Waals surface area contributed by atoms with E-state index in [2.05, 4.69) is 57.3 Å². The van der Waals surface area contributed by atoms with E-state index < -0.39 is 6.04 Å². The molecule has 7 heteroatoms. The molecular formula is C20H24BrN3O2S. The van der Waals surface area contributed by atoms with E-state index in [4.69, 9.17) is 0 Å². The van der Waals surface area contributed by atoms with E-state index in [-0.39, 0.29) is 11.8 Å². The maximum Gasteiger partial charge on any atom is 0.262 e. The van der Waals surface area contributed by atoms with Crippen LogP contribution in [0, 0.1) is 6.92 Å². The van der Waals surface area contributed by atoms with Crippen LogP contribution < -0.4 is 5.32 Å². The molecule has 1 aromatic heterocycles. The molecule has 1 aliphatic heterocycles. The van der Waals surface area contributed by atoms with Crippen molar-refractivity contribution in [3.05, 3.63) is 56.2 Å². The van der Waals surface area contributed by atoms with Gasteiger partial charge in [0.25, 0.3) is 5.91 Å². The molecular weight excluding hydrogens is 426 g/mol. The summed E-state index contributed by atoms with van der Waals surface area (Å²) in [5.41, 5.74) is 2.63. The summed E-state index contributed by atoms with van der Waals surface area (Å²) in [7, 11) is 0. The van der Waals surface area contributed by atoms with Crippen LogP contribution in [0.1, 0.15) is 27.7 Å². The third-order valence-electron chi connectivity index (χ3n) is 4.85. The van der Waals surface area contributed by atoms with Gasteiger partial charge in [0.05, 0.1) is 8.66 Å². The lowest BCUT2D eigenvalue weighted by molar-refractivity contribution is -0.134. The van der Waals surface area contributed by atoms with E-state index in [0.29, 0.717) is 18.0 Å². The molecule has 5 nitrogen and oxygen atoms in total. The van der Waals surface area contributed by atoms with E-state index >= 15 is 0 Å². The van der Waals surface area contributed by atoms with E-state index in [1.807, 2.05) is 11.0 Å². The van der Waals surface area contributed by atoms with E-state index in [1.54, 1.807) is 13.0 Å². The minimum Gasteiger partial charge on any atom is -0.340 e. The van der Waals surface area contributed by atoms with E-state index in [9.17, 15) is 9.59 Å². The third kappa shape index (κ3) is 5.18. The van der Waals surface area contributed by atoms with Crippen molar-refractivity contribution in [2.24, 2.45) is 0 Å². The lowest BCUT2D eigenvalue weighted by Gasteiger charge is -2.36. The summed E-state index contributed by atoms with van der Waals surface area (Å²) in [6.45, 7) is 7.87. The highest BCUT2D eigenvalue weighted by Crippen LogP contribution is 2.22. The Labute approximate surface area is 172 Å². The van der Waals surface area contributed by atoms with Crippen molar-refractivity contribution in [2.45, 2.75) is 26.4 Å². The monoisotopic (exact) mass is 449 g/mol. The maximum atomic E-state index is 12.7. The second-order valence-corrected chi connectivity index (χ2v) is 9.29. The standard InChI is InChI=1S/C20H24BrN3O2S/c1-14-5-3-4-6-16(14)13-23-9-11-24(12-10-23)20(26)15(2)22-19(25)17-7-8-18(21)27-17/h3-8,15H,9-13H2,1-2H3,(H,22,25). The van der Waals surface area contributed by atoms with Crippen molar-refractivity contribution in [1.29, 1.82) is 0 Å². The van der Waals surface area contributed by atoms with Gasteiger partial charge in [-0.3, -0.25) is 14.5 Å². The first kappa shape index (κ1) is 20.0. The zero-order valence-corrected chi connectivity index (χ0v) is 18.0. The van der Waals surface area contributed by atoms with Crippen LogP contribution in [0.25, 0.3) is 0 Å². The summed E-state index contributed by atoms with van der Waals surface area (Å²) in [6.07, 6.45) is 0. The van der Waals surface area contributed by atoms with Crippen molar-refractivity contribution >= 4 is 39.1 Å². The normalized spacial score (nSPS) is 16.2. The second-order valence-electron chi connectivity index (χ2n) is 6.83. The number of halogens is 1. The van der Waals surface area contributed by atoms with E-state index in [0.717, 1.165) is 23.4 Å². The maximum absolute atomic E-state index is 12.7. The van der Waals surface area contributed by atoms with Crippen LogP contribution in [-0.2, 0) is 11.3 Å². The number of aryl methyl sites for hydroxylation is 1. The fourth-order valence-corrected chi connectivity index (χ4v) is 4.48. The number of rotatable bonds is 5. The SMILES string of the molecule is Cc1ccccc1CN1CCN(C(=O)C(C)NC(=O)c2ccc(Br)s2)CC1. The molecule has 144 valence electrons. The van der Waals surface area contributed by atoms with Gasteiger partial charge in [0.1, 0.15) is 6.04 Å². The molecule has 2 aromatic rings.